The molecule has 1 heterocycles. The summed E-state index contributed by atoms with van der Waals surface area (Å²) in [6.07, 6.45) is 1.68. The van der Waals surface area contributed by atoms with Crippen LogP contribution in [0.5, 0.6) is 0 Å². The summed E-state index contributed by atoms with van der Waals surface area (Å²) in [5.74, 6) is 0.698. The zero-order valence-electron chi connectivity index (χ0n) is 12.0. The third kappa shape index (κ3) is 4.02. The molecular formula is C14H18Cl2N4O. The lowest BCUT2D eigenvalue weighted by atomic mass is 10.3. The van der Waals surface area contributed by atoms with Crippen molar-refractivity contribution in [3.63, 3.8) is 0 Å². The van der Waals surface area contributed by atoms with Gasteiger partial charge in [-0.1, -0.05) is 29.3 Å². The van der Waals surface area contributed by atoms with Crippen LogP contribution in [-0.4, -0.2) is 29.5 Å². The van der Waals surface area contributed by atoms with Crippen molar-refractivity contribution in [3.05, 3.63) is 28.2 Å². The van der Waals surface area contributed by atoms with E-state index in [0.29, 0.717) is 21.6 Å². The monoisotopic (exact) mass is 328 g/mol. The standard InChI is InChI=1S/C14H18Cl2N4O/c1-9(2)18-14(21)20(12-7-4-8-17-12)19-11-6-3-5-10(15)13(11)16/h3,5-6,9,19H,4,7-8H2,1-2H3,(H,18,21). The van der Waals surface area contributed by atoms with Gasteiger partial charge in [-0.3, -0.25) is 10.4 Å². The van der Waals surface area contributed by atoms with E-state index in [-0.39, 0.29) is 12.1 Å². The van der Waals surface area contributed by atoms with Crippen molar-refractivity contribution in [2.45, 2.75) is 32.7 Å². The molecule has 1 aromatic rings. The van der Waals surface area contributed by atoms with E-state index in [1.807, 2.05) is 13.8 Å². The van der Waals surface area contributed by atoms with Gasteiger partial charge < -0.3 is 5.32 Å². The summed E-state index contributed by atoms with van der Waals surface area (Å²) >= 11 is 12.2. The Morgan fingerprint density at radius 3 is 2.76 bits per heavy atom. The lowest BCUT2D eigenvalue weighted by molar-refractivity contribution is 0.223. The first-order valence-corrected chi connectivity index (χ1v) is 7.59. The number of halogens is 2. The van der Waals surface area contributed by atoms with Gasteiger partial charge in [-0.25, -0.2) is 4.79 Å². The molecule has 7 heteroatoms. The van der Waals surface area contributed by atoms with Gasteiger partial charge in [0.05, 0.1) is 15.7 Å². The van der Waals surface area contributed by atoms with Crippen molar-refractivity contribution in [2.75, 3.05) is 12.0 Å². The lowest BCUT2D eigenvalue weighted by Gasteiger charge is -2.26. The normalized spacial score (nSPS) is 14.0. The first-order valence-electron chi connectivity index (χ1n) is 6.83. The maximum absolute atomic E-state index is 12.3. The maximum atomic E-state index is 12.3. The Labute approximate surface area is 134 Å². The predicted octanol–water partition coefficient (Wildman–Crippen LogP) is 3.93. The van der Waals surface area contributed by atoms with Gasteiger partial charge in [0.25, 0.3) is 0 Å². The minimum Gasteiger partial charge on any atom is -0.334 e. The van der Waals surface area contributed by atoms with Crippen molar-refractivity contribution in [1.29, 1.82) is 0 Å². The molecule has 5 nitrogen and oxygen atoms in total. The van der Waals surface area contributed by atoms with Crippen LogP contribution in [0.1, 0.15) is 26.7 Å². The van der Waals surface area contributed by atoms with Crippen LogP contribution in [-0.2, 0) is 0 Å². The highest BCUT2D eigenvalue weighted by Crippen LogP contribution is 2.30. The van der Waals surface area contributed by atoms with E-state index in [1.54, 1.807) is 18.2 Å². The summed E-state index contributed by atoms with van der Waals surface area (Å²) in [4.78, 5) is 16.7. The summed E-state index contributed by atoms with van der Waals surface area (Å²) in [6, 6.07) is 4.99. The molecule has 0 fully saturated rings. The topological polar surface area (TPSA) is 56.7 Å². The highest BCUT2D eigenvalue weighted by atomic mass is 35.5. The number of carbonyl (C=O) groups excluding carboxylic acids is 1. The third-order valence-electron chi connectivity index (χ3n) is 2.91. The highest BCUT2D eigenvalue weighted by molar-refractivity contribution is 6.43. The van der Waals surface area contributed by atoms with Crippen LogP contribution in [0.2, 0.25) is 10.0 Å². The number of anilines is 1. The van der Waals surface area contributed by atoms with Crippen molar-refractivity contribution in [2.24, 2.45) is 4.99 Å². The first kappa shape index (κ1) is 15.9. The minimum atomic E-state index is -0.262. The van der Waals surface area contributed by atoms with Crippen LogP contribution in [0.3, 0.4) is 0 Å². The van der Waals surface area contributed by atoms with Gasteiger partial charge in [0, 0.05) is 19.0 Å². The fourth-order valence-electron chi connectivity index (χ4n) is 1.96. The summed E-state index contributed by atoms with van der Waals surface area (Å²) in [5, 5.41) is 5.05. The average molecular weight is 329 g/mol. The zero-order chi connectivity index (χ0) is 15.4. The van der Waals surface area contributed by atoms with Gasteiger partial charge in [0.2, 0.25) is 0 Å². The molecule has 0 radical (unpaired) electrons. The van der Waals surface area contributed by atoms with E-state index in [1.165, 1.54) is 5.01 Å². The summed E-state index contributed by atoms with van der Waals surface area (Å²) < 4.78 is 0. The number of hydrogen-bond donors (Lipinski definition) is 2. The maximum Gasteiger partial charge on any atom is 0.342 e. The highest BCUT2D eigenvalue weighted by Gasteiger charge is 2.23. The molecule has 1 aliphatic rings. The van der Waals surface area contributed by atoms with Gasteiger partial charge in [-0.05, 0) is 32.4 Å². The molecule has 2 N–H and O–H groups in total. The van der Waals surface area contributed by atoms with Crippen molar-refractivity contribution >= 4 is 40.8 Å². The minimum absolute atomic E-state index is 0.0265. The molecule has 0 saturated carbocycles. The second-order valence-corrected chi connectivity index (χ2v) is 5.84. The van der Waals surface area contributed by atoms with E-state index in [9.17, 15) is 4.79 Å². The van der Waals surface area contributed by atoms with Gasteiger partial charge >= 0.3 is 6.03 Å². The van der Waals surface area contributed by atoms with Gasteiger partial charge in [-0.15, -0.1) is 0 Å². The van der Waals surface area contributed by atoms with E-state index in [2.05, 4.69) is 15.7 Å². The van der Waals surface area contributed by atoms with E-state index in [4.69, 9.17) is 23.2 Å². The summed E-state index contributed by atoms with van der Waals surface area (Å²) in [7, 11) is 0. The molecule has 21 heavy (non-hydrogen) atoms. The summed E-state index contributed by atoms with van der Waals surface area (Å²) in [5.41, 5.74) is 3.58. The Kier molecular flexibility index (Phi) is 5.31. The van der Waals surface area contributed by atoms with E-state index in [0.717, 1.165) is 19.4 Å². The number of amides is 2. The third-order valence-corrected chi connectivity index (χ3v) is 3.73. The fourth-order valence-corrected chi connectivity index (χ4v) is 2.30. The molecule has 2 rings (SSSR count). The van der Waals surface area contributed by atoms with Crippen LogP contribution in [0.15, 0.2) is 23.2 Å². The number of carbonyl (C=O) groups is 1. The number of rotatable bonds is 3. The second-order valence-electron chi connectivity index (χ2n) is 5.05. The Hall–Kier alpha value is -1.46. The molecule has 0 aliphatic carbocycles. The Morgan fingerprint density at radius 1 is 1.38 bits per heavy atom. The number of hydrogen-bond acceptors (Lipinski definition) is 3. The molecule has 1 aliphatic heterocycles. The van der Waals surface area contributed by atoms with Crippen LogP contribution in [0.4, 0.5) is 10.5 Å². The number of aliphatic imine (C=N–C) groups is 1. The van der Waals surface area contributed by atoms with Crippen molar-refractivity contribution in [1.82, 2.24) is 10.3 Å². The first-order chi connectivity index (χ1) is 9.99. The van der Waals surface area contributed by atoms with E-state index >= 15 is 0 Å². The van der Waals surface area contributed by atoms with E-state index < -0.39 is 0 Å². The van der Waals surface area contributed by atoms with Gasteiger partial charge in [0.1, 0.15) is 5.84 Å². The molecule has 0 saturated heterocycles. The molecule has 0 bridgehead atoms. The molecule has 114 valence electrons. The average Bonchev–Trinajstić information content (AvgIpc) is 2.93. The van der Waals surface area contributed by atoms with Crippen molar-refractivity contribution in [3.8, 4) is 0 Å². The molecule has 0 atom stereocenters. The smallest absolute Gasteiger partial charge is 0.334 e. The van der Waals surface area contributed by atoms with Crippen LogP contribution in [0.25, 0.3) is 0 Å². The quantitative estimate of drug-likeness (QED) is 0.826. The fraction of sp³-hybridized carbons (Fsp3) is 0.429. The SMILES string of the molecule is CC(C)NC(=O)N(Nc1cccc(Cl)c1Cl)C1=NCCC1. The molecule has 0 unspecified atom stereocenters. The number of urea groups is 1. The van der Waals surface area contributed by atoms with Crippen LogP contribution >= 0.6 is 23.2 Å². The predicted molar refractivity (Wildman–Crippen MR) is 87.1 cm³/mol. The largest absolute Gasteiger partial charge is 0.342 e. The Morgan fingerprint density at radius 2 is 2.14 bits per heavy atom. The number of hydrazine groups is 1. The molecule has 2 amide bonds. The van der Waals surface area contributed by atoms with Crippen LogP contribution < -0.4 is 10.7 Å². The van der Waals surface area contributed by atoms with Gasteiger partial charge in [-0.2, -0.15) is 5.01 Å². The number of nitrogens with one attached hydrogen (secondary N) is 2. The zero-order valence-corrected chi connectivity index (χ0v) is 13.5. The molecule has 0 aromatic heterocycles. The number of benzene rings is 1. The van der Waals surface area contributed by atoms with Crippen LogP contribution in [0, 0.1) is 0 Å². The number of amidine groups is 1. The number of nitrogens with zero attached hydrogens (tertiary/aromatic N) is 2. The Bertz CT molecular complexity index is 560. The second kappa shape index (κ2) is 7.00. The van der Waals surface area contributed by atoms with Crippen molar-refractivity contribution < 1.29 is 4.79 Å². The molecule has 0 spiro atoms. The van der Waals surface area contributed by atoms with Gasteiger partial charge in [0.15, 0.2) is 0 Å². The molecule has 1 aromatic carbocycles. The summed E-state index contributed by atoms with van der Waals surface area (Å²) in [6.45, 7) is 4.53. The Balaban J connectivity index is 2.23. The lowest BCUT2D eigenvalue weighted by Crippen LogP contribution is -2.48. The molecular weight excluding hydrogens is 311 g/mol.